The molecule has 1 nitrogen and oxygen atoms in total. The molecule has 0 spiro atoms. The van der Waals surface area contributed by atoms with Gasteiger partial charge in [-0.25, -0.2) is 8.78 Å². The highest BCUT2D eigenvalue weighted by Crippen LogP contribution is 2.28. The van der Waals surface area contributed by atoms with Gasteiger partial charge in [-0.2, -0.15) is 0 Å². The molecule has 0 radical (unpaired) electrons. The zero-order valence-electron chi connectivity index (χ0n) is 12.1. The van der Waals surface area contributed by atoms with Crippen LogP contribution in [0.15, 0.2) is 36.4 Å². The largest absolute Gasteiger partial charge is 0.310 e. The third-order valence-corrected chi connectivity index (χ3v) is 3.99. The normalized spacial score (nSPS) is 12.4. The molecule has 2 aromatic carbocycles. The minimum absolute atomic E-state index is 0.0349. The summed E-state index contributed by atoms with van der Waals surface area (Å²) in [4.78, 5) is 0. The molecule has 21 heavy (non-hydrogen) atoms. The molecule has 0 saturated heterocycles. The van der Waals surface area contributed by atoms with E-state index in [1.807, 2.05) is 32.0 Å². The van der Waals surface area contributed by atoms with Crippen molar-refractivity contribution in [1.29, 1.82) is 0 Å². The van der Waals surface area contributed by atoms with Crippen molar-refractivity contribution in [3.8, 4) is 0 Å². The Morgan fingerprint density at radius 1 is 1.14 bits per heavy atom. The first-order valence-corrected chi connectivity index (χ1v) is 7.33. The van der Waals surface area contributed by atoms with E-state index in [4.69, 9.17) is 11.6 Å². The van der Waals surface area contributed by atoms with E-state index < -0.39 is 11.6 Å². The summed E-state index contributed by atoms with van der Waals surface area (Å²) in [5.74, 6) is -1.65. The predicted molar refractivity (Wildman–Crippen MR) is 82.7 cm³/mol. The predicted octanol–water partition coefficient (Wildman–Crippen LogP) is 4.82. The van der Waals surface area contributed by atoms with Crippen molar-refractivity contribution < 1.29 is 8.78 Å². The van der Waals surface area contributed by atoms with E-state index in [1.54, 1.807) is 6.07 Å². The Bertz CT molecular complexity index is 628. The maximum atomic E-state index is 13.3. The van der Waals surface area contributed by atoms with E-state index in [2.05, 4.69) is 5.32 Å². The maximum Gasteiger partial charge on any atom is 0.159 e. The number of likely N-dealkylation sites (N-methyl/N-ethyl adjacent to an activating group) is 1. The smallest absolute Gasteiger partial charge is 0.159 e. The molecule has 0 aliphatic rings. The number of hydrogen-bond donors (Lipinski definition) is 1. The lowest BCUT2D eigenvalue weighted by Crippen LogP contribution is -2.23. The molecule has 112 valence electrons. The summed E-state index contributed by atoms with van der Waals surface area (Å²) in [7, 11) is 0. The van der Waals surface area contributed by atoms with Gasteiger partial charge in [0.25, 0.3) is 0 Å². The second-order valence-electron chi connectivity index (χ2n) is 5.04. The molecule has 0 amide bonds. The summed E-state index contributed by atoms with van der Waals surface area (Å²) in [6.45, 7) is 4.72. The van der Waals surface area contributed by atoms with Crippen molar-refractivity contribution >= 4 is 11.6 Å². The minimum Gasteiger partial charge on any atom is -0.310 e. The molecule has 0 aliphatic heterocycles. The average Bonchev–Trinajstić information content (AvgIpc) is 2.45. The van der Waals surface area contributed by atoms with Crippen LogP contribution < -0.4 is 5.32 Å². The van der Waals surface area contributed by atoms with Crippen molar-refractivity contribution in [2.45, 2.75) is 26.3 Å². The quantitative estimate of drug-likeness (QED) is 0.835. The molecule has 1 atom stereocenters. The molecule has 4 heteroatoms. The lowest BCUT2D eigenvalue weighted by Gasteiger charge is -2.20. The van der Waals surface area contributed by atoms with Crippen LogP contribution >= 0.6 is 11.6 Å². The van der Waals surface area contributed by atoms with Gasteiger partial charge in [0.15, 0.2) is 11.6 Å². The first-order chi connectivity index (χ1) is 10.0. The molecule has 0 bridgehead atoms. The Kier molecular flexibility index (Phi) is 5.32. The summed E-state index contributed by atoms with van der Waals surface area (Å²) < 4.78 is 26.4. The highest BCUT2D eigenvalue weighted by molar-refractivity contribution is 6.32. The van der Waals surface area contributed by atoms with Gasteiger partial charge >= 0.3 is 0 Å². The summed E-state index contributed by atoms with van der Waals surface area (Å²) >= 11 is 6.37. The number of aryl methyl sites for hydroxylation is 1. The van der Waals surface area contributed by atoms with E-state index in [0.29, 0.717) is 11.4 Å². The van der Waals surface area contributed by atoms with Gasteiger partial charge in [0.1, 0.15) is 0 Å². The van der Waals surface area contributed by atoms with Crippen LogP contribution in [0.25, 0.3) is 0 Å². The number of halogens is 3. The van der Waals surface area contributed by atoms with Gasteiger partial charge < -0.3 is 5.32 Å². The SMILES string of the molecule is CCNC(Cc1ccc(F)c(F)c1)c1cccc(C)c1Cl. The lowest BCUT2D eigenvalue weighted by atomic mass is 9.97. The van der Waals surface area contributed by atoms with Gasteiger partial charge in [-0.1, -0.05) is 42.8 Å². The highest BCUT2D eigenvalue weighted by Gasteiger charge is 2.16. The van der Waals surface area contributed by atoms with Gasteiger partial charge in [-0.15, -0.1) is 0 Å². The summed E-state index contributed by atoms with van der Waals surface area (Å²) in [6, 6.07) is 9.83. The molecule has 1 unspecified atom stereocenters. The first kappa shape index (κ1) is 15.9. The van der Waals surface area contributed by atoms with E-state index in [0.717, 1.165) is 29.3 Å². The van der Waals surface area contributed by atoms with Crippen molar-refractivity contribution in [2.24, 2.45) is 0 Å². The standard InChI is InChI=1S/C17H18ClF2N/c1-3-21-16(13-6-4-5-11(2)17(13)18)10-12-7-8-14(19)15(20)9-12/h4-9,16,21H,3,10H2,1-2H3. The fourth-order valence-corrected chi connectivity index (χ4v) is 2.64. The van der Waals surface area contributed by atoms with Crippen LogP contribution in [0.4, 0.5) is 8.78 Å². The Balaban J connectivity index is 2.30. The van der Waals surface area contributed by atoms with Crippen LogP contribution in [0.3, 0.4) is 0 Å². The number of hydrogen-bond acceptors (Lipinski definition) is 1. The lowest BCUT2D eigenvalue weighted by molar-refractivity contribution is 0.502. The highest BCUT2D eigenvalue weighted by atomic mass is 35.5. The fourth-order valence-electron chi connectivity index (χ4n) is 2.38. The van der Waals surface area contributed by atoms with E-state index in [9.17, 15) is 8.78 Å². The van der Waals surface area contributed by atoms with Gasteiger partial charge in [0.05, 0.1) is 0 Å². The second-order valence-corrected chi connectivity index (χ2v) is 5.42. The fraction of sp³-hybridized carbons (Fsp3) is 0.294. The third kappa shape index (κ3) is 3.80. The third-order valence-electron chi connectivity index (χ3n) is 3.47. The Morgan fingerprint density at radius 2 is 1.90 bits per heavy atom. The Morgan fingerprint density at radius 3 is 2.57 bits per heavy atom. The molecule has 0 fully saturated rings. The molecular weight excluding hydrogens is 292 g/mol. The summed E-state index contributed by atoms with van der Waals surface area (Å²) in [6.07, 6.45) is 0.550. The molecular formula is C17H18ClF2N. The molecule has 2 rings (SSSR count). The molecule has 0 heterocycles. The zero-order valence-corrected chi connectivity index (χ0v) is 12.8. The second kappa shape index (κ2) is 7.01. The van der Waals surface area contributed by atoms with Crippen LogP contribution in [0.2, 0.25) is 5.02 Å². The van der Waals surface area contributed by atoms with Crippen LogP contribution in [0.1, 0.15) is 29.7 Å². The van der Waals surface area contributed by atoms with Gasteiger partial charge in [-0.3, -0.25) is 0 Å². The van der Waals surface area contributed by atoms with Crippen LogP contribution in [0.5, 0.6) is 0 Å². The summed E-state index contributed by atoms with van der Waals surface area (Å²) in [5, 5.41) is 4.06. The molecule has 0 saturated carbocycles. The first-order valence-electron chi connectivity index (χ1n) is 6.95. The minimum atomic E-state index is -0.827. The average molecular weight is 310 g/mol. The topological polar surface area (TPSA) is 12.0 Å². The zero-order chi connectivity index (χ0) is 15.4. The number of benzene rings is 2. The number of rotatable bonds is 5. The maximum absolute atomic E-state index is 13.3. The van der Waals surface area contributed by atoms with Gasteiger partial charge in [-0.05, 0) is 48.7 Å². The van der Waals surface area contributed by atoms with Gasteiger partial charge in [0, 0.05) is 11.1 Å². The Hall–Kier alpha value is -1.45. The van der Waals surface area contributed by atoms with Crippen LogP contribution in [-0.4, -0.2) is 6.54 Å². The monoisotopic (exact) mass is 309 g/mol. The van der Waals surface area contributed by atoms with E-state index >= 15 is 0 Å². The Labute approximate surface area is 128 Å². The molecule has 2 aromatic rings. The number of nitrogens with one attached hydrogen (secondary N) is 1. The van der Waals surface area contributed by atoms with Crippen LogP contribution in [-0.2, 0) is 6.42 Å². The van der Waals surface area contributed by atoms with Crippen molar-refractivity contribution in [1.82, 2.24) is 5.32 Å². The van der Waals surface area contributed by atoms with Crippen LogP contribution in [0, 0.1) is 18.6 Å². The molecule has 0 aliphatic carbocycles. The van der Waals surface area contributed by atoms with Crippen molar-refractivity contribution in [3.63, 3.8) is 0 Å². The molecule has 0 aromatic heterocycles. The van der Waals surface area contributed by atoms with Crippen molar-refractivity contribution in [3.05, 3.63) is 69.7 Å². The van der Waals surface area contributed by atoms with E-state index in [-0.39, 0.29) is 6.04 Å². The van der Waals surface area contributed by atoms with Crippen molar-refractivity contribution in [2.75, 3.05) is 6.54 Å². The van der Waals surface area contributed by atoms with Gasteiger partial charge in [0.2, 0.25) is 0 Å². The summed E-state index contributed by atoms with van der Waals surface area (Å²) in [5.41, 5.74) is 2.71. The van der Waals surface area contributed by atoms with E-state index in [1.165, 1.54) is 6.07 Å². The molecule has 1 N–H and O–H groups in total.